The van der Waals surface area contributed by atoms with E-state index in [0.717, 1.165) is 36.5 Å². The topological polar surface area (TPSA) is 23.5 Å². The Morgan fingerprint density at radius 1 is 1.00 bits per heavy atom. The van der Waals surface area contributed by atoms with Gasteiger partial charge in [-0.05, 0) is 93.3 Å². The summed E-state index contributed by atoms with van der Waals surface area (Å²) in [5.41, 5.74) is 2.71. The van der Waals surface area contributed by atoms with Gasteiger partial charge in [0.1, 0.15) is 0 Å². The van der Waals surface area contributed by atoms with E-state index in [1.165, 1.54) is 64.5 Å². The SMILES string of the molecule is C[C@]12CC[C@H](O)C[C@@H]1CC[C@@H]1[C@@H]2CC[C@]2(C)C(N3CCCC3)=CC[C@@H]12. The van der Waals surface area contributed by atoms with E-state index in [2.05, 4.69) is 24.8 Å². The third-order valence-electron chi connectivity index (χ3n) is 9.62. The average Bonchev–Trinajstić information content (AvgIpc) is 3.22. The quantitative estimate of drug-likeness (QED) is 0.726. The molecule has 140 valence electrons. The predicted molar refractivity (Wildman–Crippen MR) is 102 cm³/mol. The van der Waals surface area contributed by atoms with Crippen LogP contribution in [0.1, 0.15) is 78.1 Å². The Kier molecular flexibility index (Phi) is 3.83. The lowest BCUT2D eigenvalue weighted by atomic mass is 9.45. The molecule has 0 spiro atoms. The van der Waals surface area contributed by atoms with Crippen LogP contribution in [0.25, 0.3) is 0 Å². The van der Waals surface area contributed by atoms with Crippen molar-refractivity contribution in [3.63, 3.8) is 0 Å². The van der Waals surface area contributed by atoms with Gasteiger partial charge in [-0.25, -0.2) is 0 Å². The Bertz CT molecular complexity index is 564. The van der Waals surface area contributed by atoms with Crippen LogP contribution in [-0.4, -0.2) is 29.2 Å². The molecular formula is C23H37NO. The molecule has 0 bridgehead atoms. The number of allylic oxidation sites excluding steroid dienone is 2. The van der Waals surface area contributed by atoms with Crippen LogP contribution >= 0.6 is 0 Å². The first kappa shape index (κ1) is 16.7. The highest BCUT2D eigenvalue weighted by Crippen LogP contribution is 2.66. The Balaban J connectivity index is 1.40. The molecule has 0 aromatic carbocycles. The molecule has 4 aliphatic carbocycles. The lowest BCUT2D eigenvalue weighted by molar-refractivity contribution is -0.120. The molecule has 1 heterocycles. The smallest absolute Gasteiger partial charge is 0.0543 e. The van der Waals surface area contributed by atoms with Gasteiger partial charge in [-0.1, -0.05) is 19.9 Å². The average molecular weight is 344 g/mol. The molecule has 1 N–H and O–H groups in total. The van der Waals surface area contributed by atoms with Crippen molar-refractivity contribution in [3.8, 4) is 0 Å². The van der Waals surface area contributed by atoms with Crippen molar-refractivity contribution in [1.82, 2.24) is 4.90 Å². The Morgan fingerprint density at radius 3 is 2.60 bits per heavy atom. The van der Waals surface area contributed by atoms with Crippen molar-refractivity contribution < 1.29 is 5.11 Å². The molecule has 0 aromatic rings. The van der Waals surface area contributed by atoms with Gasteiger partial charge in [0.2, 0.25) is 0 Å². The number of aliphatic hydroxyl groups excluding tert-OH is 1. The summed E-state index contributed by atoms with van der Waals surface area (Å²) in [6.07, 6.45) is 15.8. The van der Waals surface area contributed by atoms with Crippen LogP contribution in [0.4, 0.5) is 0 Å². The van der Waals surface area contributed by atoms with Crippen LogP contribution in [0.3, 0.4) is 0 Å². The summed E-state index contributed by atoms with van der Waals surface area (Å²) >= 11 is 0. The molecule has 25 heavy (non-hydrogen) atoms. The normalized spacial score (nSPS) is 52.4. The highest BCUT2D eigenvalue weighted by atomic mass is 16.3. The third kappa shape index (κ3) is 2.32. The van der Waals surface area contributed by atoms with Gasteiger partial charge in [-0.3, -0.25) is 0 Å². The molecule has 0 aromatic heterocycles. The predicted octanol–water partition coefficient (Wildman–Crippen LogP) is 4.98. The molecular weight excluding hydrogens is 306 g/mol. The summed E-state index contributed by atoms with van der Waals surface area (Å²) < 4.78 is 0. The minimum absolute atomic E-state index is 0.0154. The van der Waals surface area contributed by atoms with E-state index in [1.807, 2.05) is 0 Å². The number of aliphatic hydroxyl groups is 1. The fraction of sp³-hybridized carbons (Fsp3) is 0.913. The molecule has 0 radical (unpaired) electrons. The number of nitrogens with zero attached hydrogens (tertiary/aromatic N) is 1. The van der Waals surface area contributed by atoms with Gasteiger partial charge in [0.05, 0.1) is 6.10 Å². The van der Waals surface area contributed by atoms with Gasteiger partial charge in [-0.2, -0.15) is 0 Å². The molecule has 2 nitrogen and oxygen atoms in total. The Hall–Kier alpha value is -0.500. The fourth-order valence-electron chi connectivity index (χ4n) is 8.23. The van der Waals surface area contributed by atoms with Crippen LogP contribution in [0.15, 0.2) is 11.8 Å². The molecule has 1 saturated heterocycles. The molecule has 1 aliphatic heterocycles. The Morgan fingerprint density at radius 2 is 1.80 bits per heavy atom. The second kappa shape index (κ2) is 5.75. The first-order valence-electron chi connectivity index (χ1n) is 11.2. The number of hydrogen-bond donors (Lipinski definition) is 1. The summed E-state index contributed by atoms with van der Waals surface area (Å²) in [4.78, 5) is 2.74. The fourth-order valence-corrected chi connectivity index (χ4v) is 8.23. The minimum Gasteiger partial charge on any atom is -0.393 e. The standard InChI is InChI=1S/C23H37NO/c1-22-11-9-17(25)15-16(22)5-6-18-19-7-8-21(24-13-3-4-14-24)23(19,2)12-10-20(18)22/h8,16-20,25H,3-7,9-15H2,1-2H3/t16-,17-,18-,19-,20-,22-,23-/m0/s1. The van der Waals surface area contributed by atoms with Crippen molar-refractivity contribution >= 4 is 0 Å². The lowest BCUT2D eigenvalue weighted by Gasteiger charge is -2.61. The molecule has 0 amide bonds. The van der Waals surface area contributed by atoms with Crippen LogP contribution in [0.5, 0.6) is 0 Å². The highest BCUT2D eigenvalue weighted by Gasteiger charge is 2.59. The van der Waals surface area contributed by atoms with E-state index in [4.69, 9.17) is 0 Å². The van der Waals surface area contributed by atoms with Crippen LogP contribution in [-0.2, 0) is 0 Å². The van der Waals surface area contributed by atoms with Gasteiger partial charge >= 0.3 is 0 Å². The zero-order chi connectivity index (χ0) is 17.2. The van der Waals surface area contributed by atoms with Crippen molar-refractivity contribution in [2.45, 2.75) is 84.2 Å². The third-order valence-corrected chi connectivity index (χ3v) is 9.62. The van der Waals surface area contributed by atoms with Gasteiger partial charge in [0, 0.05) is 24.2 Å². The maximum atomic E-state index is 10.2. The zero-order valence-corrected chi connectivity index (χ0v) is 16.3. The molecule has 5 aliphatic rings. The van der Waals surface area contributed by atoms with E-state index in [1.54, 1.807) is 5.70 Å². The zero-order valence-electron chi connectivity index (χ0n) is 16.3. The molecule has 7 atom stereocenters. The second-order valence-electron chi connectivity index (χ2n) is 10.6. The van der Waals surface area contributed by atoms with E-state index in [9.17, 15) is 5.11 Å². The van der Waals surface area contributed by atoms with Crippen molar-refractivity contribution in [3.05, 3.63) is 11.8 Å². The molecule has 3 saturated carbocycles. The first-order chi connectivity index (χ1) is 12.0. The van der Waals surface area contributed by atoms with Crippen molar-refractivity contribution in [2.75, 3.05) is 13.1 Å². The van der Waals surface area contributed by atoms with Crippen LogP contribution < -0.4 is 0 Å². The lowest BCUT2D eigenvalue weighted by Crippen LogP contribution is -2.54. The summed E-state index contributed by atoms with van der Waals surface area (Å²) in [6, 6.07) is 0. The summed E-state index contributed by atoms with van der Waals surface area (Å²) in [7, 11) is 0. The summed E-state index contributed by atoms with van der Waals surface area (Å²) in [6.45, 7) is 7.83. The number of hydrogen-bond acceptors (Lipinski definition) is 2. The Labute approximate surface area is 154 Å². The number of rotatable bonds is 1. The molecule has 4 fully saturated rings. The summed E-state index contributed by atoms with van der Waals surface area (Å²) in [5, 5.41) is 10.2. The monoisotopic (exact) mass is 343 g/mol. The van der Waals surface area contributed by atoms with Crippen molar-refractivity contribution in [1.29, 1.82) is 0 Å². The molecule has 2 heteroatoms. The largest absolute Gasteiger partial charge is 0.393 e. The summed E-state index contributed by atoms with van der Waals surface area (Å²) in [5.74, 6) is 3.54. The molecule has 5 rings (SSSR count). The van der Waals surface area contributed by atoms with Gasteiger partial charge in [-0.15, -0.1) is 0 Å². The highest BCUT2D eigenvalue weighted by molar-refractivity contribution is 5.25. The van der Waals surface area contributed by atoms with Gasteiger partial charge < -0.3 is 10.0 Å². The second-order valence-corrected chi connectivity index (χ2v) is 10.6. The van der Waals surface area contributed by atoms with Crippen LogP contribution in [0, 0.1) is 34.5 Å². The minimum atomic E-state index is -0.0154. The van der Waals surface area contributed by atoms with Crippen LogP contribution in [0.2, 0.25) is 0 Å². The van der Waals surface area contributed by atoms with E-state index >= 15 is 0 Å². The number of likely N-dealkylation sites (tertiary alicyclic amines) is 1. The maximum absolute atomic E-state index is 10.2. The van der Waals surface area contributed by atoms with E-state index in [-0.39, 0.29) is 6.10 Å². The van der Waals surface area contributed by atoms with E-state index in [0.29, 0.717) is 10.8 Å². The van der Waals surface area contributed by atoms with Gasteiger partial charge in [0.25, 0.3) is 0 Å². The maximum Gasteiger partial charge on any atom is 0.0543 e. The number of fused-ring (bicyclic) bond motifs is 5. The van der Waals surface area contributed by atoms with E-state index < -0.39 is 0 Å². The van der Waals surface area contributed by atoms with Crippen molar-refractivity contribution in [2.24, 2.45) is 34.5 Å². The first-order valence-corrected chi connectivity index (χ1v) is 11.2. The van der Waals surface area contributed by atoms with Gasteiger partial charge in [0.15, 0.2) is 0 Å². The molecule has 0 unspecified atom stereocenters.